The van der Waals surface area contributed by atoms with Crippen LogP contribution in [0.2, 0.25) is 0 Å². The Hall–Kier alpha value is -2.90. The van der Waals surface area contributed by atoms with Crippen molar-refractivity contribution in [2.24, 2.45) is 11.7 Å². The summed E-state index contributed by atoms with van der Waals surface area (Å²) in [6, 6.07) is 6.78. The topological polar surface area (TPSA) is 110 Å². The molecule has 7 nitrogen and oxygen atoms in total. The van der Waals surface area contributed by atoms with Crippen LogP contribution in [0.3, 0.4) is 0 Å². The highest BCUT2D eigenvalue weighted by atomic mass is 19.1. The van der Waals surface area contributed by atoms with E-state index in [4.69, 9.17) is 10.3 Å². The summed E-state index contributed by atoms with van der Waals surface area (Å²) in [6.07, 6.45) is 0.303. The van der Waals surface area contributed by atoms with Gasteiger partial charge in [0.05, 0.1) is 11.6 Å². The van der Waals surface area contributed by atoms with Crippen molar-refractivity contribution >= 4 is 17.8 Å². The van der Waals surface area contributed by atoms with Crippen LogP contribution < -0.4 is 16.4 Å². The Balaban J connectivity index is 1.88. The van der Waals surface area contributed by atoms with Gasteiger partial charge in [-0.05, 0) is 31.0 Å². The molecule has 8 heteroatoms. The molecule has 0 aliphatic rings. The zero-order valence-corrected chi connectivity index (χ0v) is 12.5. The molecule has 0 bridgehead atoms. The smallest absolute Gasteiger partial charge is 0.321 e. The van der Waals surface area contributed by atoms with Gasteiger partial charge >= 0.3 is 6.03 Å². The zero-order valence-electron chi connectivity index (χ0n) is 12.5. The monoisotopic (exact) mass is 320 g/mol. The molecule has 1 atom stereocenters. The van der Waals surface area contributed by atoms with Crippen molar-refractivity contribution in [2.75, 3.05) is 11.9 Å². The van der Waals surface area contributed by atoms with Crippen LogP contribution in [0.1, 0.15) is 11.3 Å². The minimum Gasteiger partial charge on any atom is -0.369 e. The van der Waals surface area contributed by atoms with Crippen LogP contribution in [0.4, 0.5) is 15.1 Å². The zero-order chi connectivity index (χ0) is 16.8. The summed E-state index contributed by atoms with van der Waals surface area (Å²) >= 11 is 0. The van der Waals surface area contributed by atoms with E-state index in [-0.39, 0.29) is 18.2 Å². The van der Waals surface area contributed by atoms with E-state index < -0.39 is 17.9 Å². The lowest BCUT2D eigenvalue weighted by Crippen LogP contribution is -2.39. The summed E-state index contributed by atoms with van der Waals surface area (Å²) in [7, 11) is 0. The van der Waals surface area contributed by atoms with Gasteiger partial charge in [-0.1, -0.05) is 17.3 Å². The number of rotatable bonds is 6. The highest BCUT2D eigenvalue weighted by Gasteiger charge is 2.17. The number of aromatic nitrogens is 1. The van der Waals surface area contributed by atoms with Gasteiger partial charge in [0, 0.05) is 12.6 Å². The Bertz CT molecular complexity index is 684. The number of amides is 3. The SMILES string of the molecule is Cc1cc(NC(=O)NCC(Cc2ccc(F)cc2)C(N)=O)on1. The third kappa shape index (κ3) is 5.10. The van der Waals surface area contributed by atoms with Gasteiger partial charge in [0.1, 0.15) is 5.82 Å². The number of nitrogens with one attached hydrogen (secondary N) is 2. The van der Waals surface area contributed by atoms with E-state index in [0.29, 0.717) is 12.1 Å². The molecular formula is C15H17FN4O3. The normalized spacial score (nSPS) is 11.7. The molecular weight excluding hydrogens is 303 g/mol. The number of primary amides is 1. The molecule has 0 aliphatic heterocycles. The van der Waals surface area contributed by atoms with Gasteiger partial charge in [-0.2, -0.15) is 0 Å². The lowest BCUT2D eigenvalue weighted by molar-refractivity contribution is -0.121. The highest BCUT2D eigenvalue weighted by molar-refractivity contribution is 5.88. The average Bonchev–Trinajstić information content (AvgIpc) is 2.90. The van der Waals surface area contributed by atoms with Crippen molar-refractivity contribution in [3.63, 3.8) is 0 Å². The second-order valence-electron chi connectivity index (χ2n) is 5.10. The maximum atomic E-state index is 12.9. The van der Waals surface area contributed by atoms with Crippen LogP contribution in [0.25, 0.3) is 0 Å². The summed E-state index contributed by atoms with van der Waals surface area (Å²) in [4.78, 5) is 23.2. The standard InChI is InChI=1S/C15H17FN4O3/c1-9-6-13(23-20-9)19-15(22)18-8-11(14(17)21)7-10-2-4-12(16)5-3-10/h2-6,11H,7-8H2,1H3,(H2,17,21)(H2,18,19,22). The van der Waals surface area contributed by atoms with E-state index in [1.54, 1.807) is 25.1 Å². The third-order valence-corrected chi connectivity index (χ3v) is 3.17. The summed E-state index contributed by atoms with van der Waals surface area (Å²) < 4.78 is 17.7. The highest BCUT2D eigenvalue weighted by Crippen LogP contribution is 2.10. The maximum absolute atomic E-state index is 12.9. The van der Waals surface area contributed by atoms with Gasteiger partial charge in [-0.15, -0.1) is 0 Å². The fourth-order valence-electron chi connectivity index (χ4n) is 1.97. The molecule has 122 valence electrons. The summed E-state index contributed by atoms with van der Waals surface area (Å²) in [5.74, 6) is -1.31. The predicted octanol–water partition coefficient (Wildman–Crippen LogP) is 1.59. The first-order valence-corrected chi connectivity index (χ1v) is 6.96. The molecule has 1 unspecified atom stereocenters. The van der Waals surface area contributed by atoms with Crippen LogP contribution in [0.5, 0.6) is 0 Å². The van der Waals surface area contributed by atoms with Crippen molar-refractivity contribution in [3.05, 3.63) is 47.4 Å². The van der Waals surface area contributed by atoms with Gasteiger partial charge in [0.2, 0.25) is 11.8 Å². The minimum atomic E-state index is -0.609. The van der Waals surface area contributed by atoms with Crippen LogP contribution in [-0.4, -0.2) is 23.6 Å². The van der Waals surface area contributed by atoms with E-state index in [1.165, 1.54) is 12.1 Å². The second-order valence-corrected chi connectivity index (χ2v) is 5.10. The fourth-order valence-corrected chi connectivity index (χ4v) is 1.97. The molecule has 1 aromatic carbocycles. The Morgan fingerprint density at radius 1 is 1.35 bits per heavy atom. The number of halogens is 1. The van der Waals surface area contributed by atoms with E-state index in [9.17, 15) is 14.0 Å². The maximum Gasteiger partial charge on any atom is 0.321 e. The van der Waals surface area contributed by atoms with Gasteiger partial charge in [-0.25, -0.2) is 9.18 Å². The van der Waals surface area contributed by atoms with Crippen molar-refractivity contribution in [3.8, 4) is 0 Å². The predicted molar refractivity (Wildman–Crippen MR) is 81.0 cm³/mol. The molecule has 0 saturated carbocycles. The largest absolute Gasteiger partial charge is 0.369 e. The molecule has 0 radical (unpaired) electrons. The number of anilines is 1. The van der Waals surface area contributed by atoms with Crippen LogP contribution in [-0.2, 0) is 11.2 Å². The molecule has 1 aromatic heterocycles. The minimum absolute atomic E-state index is 0.0473. The molecule has 0 aliphatic carbocycles. The van der Waals surface area contributed by atoms with Gasteiger partial charge < -0.3 is 15.6 Å². The fraction of sp³-hybridized carbons (Fsp3) is 0.267. The summed E-state index contributed by atoms with van der Waals surface area (Å²) in [5, 5.41) is 8.62. The molecule has 2 rings (SSSR count). The van der Waals surface area contributed by atoms with Crippen LogP contribution >= 0.6 is 0 Å². The van der Waals surface area contributed by atoms with E-state index in [2.05, 4.69) is 15.8 Å². The number of carbonyl (C=O) groups excluding carboxylic acids is 2. The van der Waals surface area contributed by atoms with Gasteiger partial charge in [0.15, 0.2) is 0 Å². The molecule has 4 N–H and O–H groups in total. The van der Waals surface area contributed by atoms with Gasteiger partial charge in [-0.3, -0.25) is 10.1 Å². The summed E-state index contributed by atoms with van der Waals surface area (Å²) in [5.41, 5.74) is 6.73. The number of urea groups is 1. The first kappa shape index (κ1) is 16.5. The summed E-state index contributed by atoms with van der Waals surface area (Å²) in [6.45, 7) is 1.77. The first-order chi connectivity index (χ1) is 10.9. The van der Waals surface area contributed by atoms with Crippen molar-refractivity contribution in [1.82, 2.24) is 10.5 Å². The van der Waals surface area contributed by atoms with Crippen molar-refractivity contribution < 1.29 is 18.5 Å². The molecule has 23 heavy (non-hydrogen) atoms. The quantitative estimate of drug-likeness (QED) is 0.750. The molecule has 1 heterocycles. The van der Waals surface area contributed by atoms with E-state index in [1.807, 2.05) is 0 Å². The number of nitrogens with zero attached hydrogens (tertiary/aromatic N) is 1. The van der Waals surface area contributed by atoms with Gasteiger partial charge in [0.25, 0.3) is 0 Å². The number of nitrogens with two attached hydrogens (primary N) is 1. The second kappa shape index (κ2) is 7.39. The lowest BCUT2D eigenvalue weighted by atomic mass is 9.98. The molecule has 3 amide bonds. The molecule has 0 spiro atoms. The molecule has 0 saturated heterocycles. The third-order valence-electron chi connectivity index (χ3n) is 3.17. The number of hydrogen-bond donors (Lipinski definition) is 3. The average molecular weight is 320 g/mol. The van der Waals surface area contributed by atoms with Crippen molar-refractivity contribution in [1.29, 1.82) is 0 Å². The number of hydrogen-bond acceptors (Lipinski definition) is 4. The lowest BCUT2D eigenvalue weighted by Gasteiger charge is -2.14. The van der Waals surface area contributed by atoms with E-state index >= 15 is 0 Å². The molecule has 0 fully saturated rings. The first-order valence-electron chi connectivity index (χ1n) is 6.96. The number of aryl methyl sites for hydroxylation is 1. The Labute approximate surface area is 132 Å². The van der Waals surface area contributed by atoms with E-state index in [0.717, 1.165) is 5.56 Å². The number of benzene rings is 1. The Kier molecular flexibility index (Phi) is 5.29. The molecule has 2 aromatic rings. The van der Waals surface area contributed by atoms with Crippen LogP contribution in [0, 0.1) is 18.7 Å². The Morgan fingerprint density at radius 2 is 2.04 bits per heavy atom. The van der Waals surface area contributed by atoms with Crippen LogP contribution in [0.15, 0.2) is 34.9 Å². The Morgan fingerprint density at radius 3 is 2.61 bits per heavy atom. The van der Waals surface area contributed by atoms with Crippen molar-refractivity contribution in [2.45, 2.75) is 13.3 Å². The number of carbonyl (C=O) groups is 2.